The lowest BCUT2D eigenvalue weighted by molar-refractivity contribution is 0.599. The second kappa shape index (κ2) is 5.36. The van der Waals surface area contributed by atoms with Gasteiger partial charge in [-0.05, 0) is 18.2 Å². The third-order valence-electron chi connectivity index (χ3n) is 3.97. The van der Waals surface area contributed by atoms with Crippen LogP contribution in [0.4, 0.5) is 0 Å². The molecule has 0 fully saturated rings. The molecule has 1 atom stereocenters. The number of fused-ring (bicyclic) bond motifs is 2. The molecule has 0 spiro atoms. The first-order valence-electron chi connectivity index (χ1n) is 7.34. The Labute approximate surface area is 142 Å². The van der Waals surface area contributed by atoms with E-state index >= 15 is 0 Å². The molecule has 3 aromatic rings. The van der Waals surface area contributed by atoms with Crippen LogP contribution in [0.3, 0.4) is 0 Å². The molecule has 122 valence electrons. The Morgan fingerprint density at radius 1 is 1.08 bits per heavy atom. The lowest BCUT2D eigenvalue weighted by Crippen LogP contribution is -2.19. The number of rotatable bonds is 2. The van der Waals surface area contributed by atoms with Gasteiger partial charge in [-0.3, -0.25) is 4.79 Å². The molecule has 0 amide bonds. The van der Waals surface area contributed by atoms with E-state index in [1.165, 1.54) is 6.07 Å². The van der Waals surface area contributed by atoms with E-state index in [1.54, 1.807) is 42.5 Å². The molecule has 1 aliphatic rings. The number of nitrogens with zero attached hydrogens (tertiary/aromatic N) is 3. The summed E-state index contributed by atoms with van der Waals surface area (Å²) >= 11 is 0. The first kappa shape index (κ1) is 15.2. The predicted molar refractivity (Wildman–Crippen MR) is 90.9 cm³/mol. The summed E-state index contributed by atoms with van der Waals surface area (Å²) in [6.07, 6.45) is 0. The van der Waals surface area contributed by atoms with Gasteiger partial charge in [-0.2, -0.15) is 18.1 Å². The molecule has 25 heavy (non-hydrogen) atoms. The topological polar surface area (TPSA) is 116 Å². The number of aromatic nitrogens is 2. The molecular weight excluding hydrogens is 340 g/mol. The summed E-state index contributed by atoms with van der Waals surface area (Å²) < 4.78 is 28.2. The Kier molecular flexibility index (Phi) is 3.26. The Balaban J connectivity index is 1.94. The molecule has 1 N–H and O–H groups in total. The van der Waals surface area contributed by atoms with Crippen molar-refractivity contribution in [3.63, 3.8) is 0 Å². The minimum Gasteiger partial charge on any atom is -0.309 e. The highest BCUT2D eigenvalue weighted by Gasteiger charge is 2.34. The number of hydrogen-bond acceptors (Lipinski definition) is 5. The molecule has 1 aromatic heterocycles. The Hall–Kier alpha value is -3.31. The molecule has 4 rings (SSSR count). The van der Waals surface area contributed by atoms with Crippen molar-refractivity contribution in [2.45, 2.75) is 10.8 Å². The standard InChI is InChI=1S/C17H10N4O3S/c18-9-12(15-11-6-2-4-8-14(11)25(23,24)21-15)16-19-13-7-3-1-5-10(13)17(22)20-16/h1-8,12H,(H,19,20,22). The average Bonchev–Trinajstić information content (AvgIpc) is 2.88. The molecule has 2 heterocycles. The summed E-state index contributed by atoms with van der Waals surface area (Å²) in [6.45, 7) is 0. The largest absolute Gasteiger partial charge is 0.309 e. The maximum atomic E-state index is 12.2. The van der Waals surface area contributed by atoms with E-state index in [0.29, 0.717) is 16.5 Å². The van der Waals surface area contributed by atoms with Crippen LogP contribution in [0.2, 0.25) is 0 Å². The van der Waals surface area contributed by atoms with Gasteiger partial charge in [0.15, 0.2) is 0 Å². The number of nitriles is 1. The smallest absolute Gasteiger partial charge is 0.283 e. The normalized spacial score (nSPS) is 16.0. The van der Waals surface area contributed by atoms with Crippen LogP contribution in [0.15, 0.2) is 62.6 Å². The van der Waals surface area contributed by atoms with Crippen molar-refractivity contribution >= 4 is 26.6 Å². The van der Waals surface area contributed by atoms with Crippen LogP contribution in [-0.4, -0.2) is 24.1 Å². The van der Waals surface area contributed by atoms with Crippen molar-refractivity contribution in [3.8, 4) is 6.07 Å². The van der Waals surface area contributed by atoms with Crippen LogP contribution < -0.4 is 5.56 Å². The quantitative estimate of drug-likeness (QED) is 0.755. The van der Waals surface area contributed by atoms with E-state index in [9.17, 15) is 18.5 Å². The zero-order valence-electron chi connectivity index (χ0n) is 12.7. The van der Waals surface area contributed by atoms with Gasteiger partial charge in [-0.25, -0.2) is 4.98 Å². The number of nitrogens with one attached hydrogen (secondary N) is 1. The molecule has 0 saturated heterocycles. The number of benzene rings is 2. The number of sulfonamides is 1. The third-order valence-corrected chi connectivity index (χ3v) is 5.32. The molecule has 0 aliphatic carbocycles. The van der Waals surface area contributed by atoms with Crippen molar-refractivity contribution in [1.82, 2.24) is 9.97 Å². The zero-order chi connectivity index (χ0) is 17.6. The van der Waals surface area contributed by atoms with Gasteiger partial charge >= 0.3 is 0 Å². The van der Waals surface area contributed by atoms with Gasteiger partial charge in [0.05, 0.1) is 27.6 Å². The first-order valence-corrected chi connectivity index (χ1v) is 8.78. The van der Waals surface area contributed by atoms with Gasteiger partial charge in [0.2, 0.25) is 0 Å². The summed E-state index contributed by atoms with van der Waals surface area (Å²) in [5.74, 6) is -1.03. The second-order valence-corrected chi connectivity index (χ2v) is 7.05. The van der Waals surface area contributed by atoms with Gasteiger partial charge in [-0.1, -0.05) is 30.3 Å². The van der Waals surface area contributed by atoms with Crippen molar-refractivity contribution in [1.29, 1.82) is 5.26 Å². The van der Waals surface area contributed by atoms with Crippen LogP contribution in [0.1, 0.15) is 17.3 Å². The van der Waals surface area contributed by atoms with Gasteiger partial charge < -0.3 is 4.98 Å². The Morgan fingerprint density at radius 2 is 1.80 bits per heavy atom. The van der Waals surface area contributed by atoms with Gasteiger partial charge in [0.25, 0.3) is 15.6 Å². The van der Waals surface area contributed by atoms with E-state index in [-0.39, 0.29) is 16.4 Å². The van der Waals surface area contributed by atoms with E-state index in [4.69, 9.17) is 0 Å². The van der Waals surface area contributed by atoms with E-state index in [2.05, 4.69) is 14.4 Å². The van der Waals surface area contributed by atoms with Crippen LogP contribution >= 0.6 is 0 Å². The number of hydrogen-bond donors (Lipinski definition) is 1. The SMILES string of the molecule is N#CC(C1=NS(=O)(=O)c2ccccc21)c1nc2ccccc2c(=O)[nH]1. The molecule has 7 nitrogen and oxygen atoms in total. The summed E-state index contributed by atoms with van der Waals surface area (Å²) in [4.78, 5) is 19.2. The highest BCUT2D eigenvalue weighted by Crippen LogP contribution is 2.31. The van der Waals surface area contributed by atoms with Gasteiger partial charge in [0.1, 0.15) is 11.7 Å². The third kappa shape index (κ3) is 2.33. The first-order chi connectivity index (χ1) is 12.0. The molecule has 2 aromatic carbocycles. The zero-order valence-corrected chi connectivity index (χ0v) is 13.5. The van der Waals surface area contributed by atoms with Crippen molar-refractivity contribution in [2.24, 2.45) is 4.40 Å². The summed E-state index contributed by atoms with van der Waals surface area (Å²) in [6, 6.07) is 15.0. The van der Waals surface area contributed by atoms with Crippen molar-refractivity contribution < 1.29 is 8.42 Å². The second-order valence-electron chi connectivity index (χ2n) is 5.48. The lowest BCUT2D eigenvalue weighted by Gasteiger charge is -2.09. The minimum atomic E-state index is -3.85. The van der Waals surface area contributed by atoms with Crippen LogP contribution in [0, 0.1) is 11.3 Å². The van der Waals surface area contributed by atoms with Crippen molar-refractivity contribution in [2.75, 3.05) is 0 Å². The Morgan fingerprint density at radius 3 is 2.60 bits per heavy atom. The Bertz CT molecular complexity index is 1250. The number of H-pyrrole nitrogens is 1. The van der Waals surface area contributed by atoms with Gasteiger partial charge in [-0.15, -0.1) is 0 Å². The lowest BCUT2D eigenvalue weighted by atomic mass is 9.97. The van der Waals surface area contributed by atoms with Gasteiger partial charge in [0, 0.05) is 5.56 Å². The van der Waals surface area contributed by atoms with Crippen molar-refractivity contribution in [3.05, 3.63) is 70.3 Å². The highest BCUT2D eigenvalue weighted by atomic mass is 32.2. The molecule has 0 bridgehead atoms. The maximum absolute atomic E-state index is 12.2. The van der Waals surface area contributed by atoms with Crippen LogP contribution in [0.5, 0.6) is 0 Å². The van der Waals surface area contributed by atoms with Crippen LogP contribution in [-0.2, 0) is 10.0 Å². The summed E-state index contributed by atoms with van der Waals surface area (Å²) in [5.41, 5.74) is 0.452. The highest BCUT2D eigenvalue weighted by molar-refractivity contribution is 7.90. The van der Waals surface area contributed by atoms with E-state index < -0.39 is 21.5 Å². The molecule has 1 unspecified atom stereocenters. The molecule has 1 aliphatic heterocycles. The molecule has 8 heteroatoms. The summed E-state index contributed by atoms with van der Waals surface area (Å²) in [5, 5.41) is 10.0. The van der Waals surface area contributed by atoms with E-state index in [1.807, 2.05) is 6.07 Å². The van der Waals surface area contributed by atoms with E-state index in [0.717, 1.165) is 0 Å². The summed E-state index contributed by atoms with van der Waals surface area (Å²) in [7, 11) is -3.85. The fourth-order valence-electron chi connectivity index (χ4n) is 2.83. The maximum Gasteiger partial charge on any atom is 0.283 e. The predicted octanol–water partition coefficient (Wildman–Crippen LogP) is 1.72. The minimum absolute atomic E-state index is 0.0494. The average molecular weight is 350 g/mol. The number of aromatic amines is 1. The fraction of sp³-hybridized carbons (Fsp3) is 0.0588. The molecule has 0 saturated carbocycles. The molecular formula is C17H10N4O3S. The molecule has 0 radical (unpaired) electrons. The monoisotopic (exact) mass is 350 g/mol. The fourth-order valence-corrected chi connectivity index (χ4v) is 4.09. The number of para-hydroxylation sites is 1. The van der Waals surface area contributed by atoms with Crippen LogP contribution in [0.25, 0.3) is 10.9 Å².